The third kappa shape index (κ3) is 5.01. The minimum Gasteiger partial charge on any atom is -0.341 e. The minimum absolute atomic E-state index is 0.0584. The molecule has 2 amide bonds. The van der Waals surface area contributed by atoms with Crippen LogP contribution in [0.25, 0.3) is 11.3 Å². The Labute approximate surface area is 195 Å². The minimum atomic E-state index is -0.108. The van der Waals surface area contributed by atoms with Gasteiger partial charge in [-0.1, -0.05) is 56.8 Å². The van der Waals surface area contributed by atoms with Crippen molar-refractivity contribution < 1.29 is 9.59 Å². The van der Waals surface area contributed by atoms with Crippen molar-refractivity contribution in [3.63, 3.8) is 0 Å². The molecule has 0 spiro atoms. The molecule has 0 radical (unpaired) electrons. The summed E-state index contributed by atoms with van der Waals surface area (Å²) >= 11 is 6.04. The summed E-state index contributed by atoms with van der Waals surface area (Å²) in [4.78, 5) is 30.0. The van der Waals surface area contributed by atoms with Crippen molar-refractivity contribution in [2.75, 3.05) is 26.2 Å². The number of nitrogens with zero attached hydrogens (tertiary/aromatic N) is 4. The van der Waals surface area contributed by atoms with Crippen LogP contribution in [-0.4, -0.2) is 57.6 Å². The van der Waals surface area contributed by atoms with Crippen LogP contribution < -0.4 is 0 Å². The molecule has 3 heterocycles. The van der Waals surface area contributed by atoms with Crippen LogP contribution in [0, 0.1) is 5.92 Å². The molecular weight excluding hydrogens is 424 g/mol. The summed E-state index contributed by atoms with van der Waals surface area (Å²) in [6.07, 6.45) is 6.52. The Morgan fingerprint density at radius 3 is 2.69 bits per heavy atom. The molecule has 0 N–H and O–H groups in total. The third-order valence-electron chi connectivity index (χ3n) is 6.64. The summed E-state index contributed by atoms with van der Waals surface area (Å²) in [5.74, 6) is 0.473. The second kappa shape index (κ2) is 10.1. The number of fused-ring (bicyclic) bond motifs is 1. The van der Waals surface area contributed by atoms with Crippen LogP contribution in [0.1, 0.15) is 68.9 Å². The smallest absolute Gasteiger partial charge is 0.272 e. The molecule has 2 aromatic rings. The van der Waals surface area contributed by atoms with E-state index in [-0.39, 0.29) is 24.4 Å². The molecule has 2 aliphatic heterocycles. The van der Waals surface area contributed by atoms with Crippen LogP contribution >= 0.6 is 11.6 Å². The van der Waals surface area contributed by atoms with Gasteiger partial charge < -0.3 is 9.80 Å². The number of hydrogen-bond acceptors (Lipinski definition) is 3. The Balaban J connectivity index is 1.57. The van der Waals surface area contributed by atoms with E-state index in [0.29, 0.717) is 23.2 Å². The lowest BCUT2D eigenvalue weighted by Crippen LogP contribution is -2.50. The van der Waals surface area contributed by atoms with Gasteiger partial charge in [-0.15, -0.1) is 0 Å². The van der Waals surface area contributed by atoms with E-state index in [2.05, 4.69) is 13.8 Å². The van der Waals surface area contributed by atoms with Crippen LogP contribution in [0.5, 0.6) is 0 Å². The summed E-state index contributed by atoms with van der Waals surface area (Å²) in [6, 6.07) is 9.46. The highest BCUT2D eigenvalue weighted by Gasteiger charge is 2.35. The number of carbonyl (C=O) groups excluding carboxylic acids is 2. The zero-order valence-corrected chi connectivity index (χ0v) is 19.9. The van der Waals surface area contributed by atoms with Crippen molar-refractivity contribution in [3.05, 3.63) is 41.0 Å². The van der Waals surface area contributed by atoms with E-state index in [9.17, 15) is 9.59 Å². The second-order valence-electron chi connectivity index (χ2n) is 9.29. The van der Waals surface area contributed by atoms with Crippen molar-refractivity contribution >= 4 is 23.4 Å². The second-order valence-corrected chi connectivity index (χ2v) is 9.73. The van der Waals surface area contributed by atoms with Gasteiger partial charge >= 0.3 is 0 Å². The van der Waals surface area contributed by atoms with Crippen molar-refractivity contribution in [2.45, 2.75) is 58.4 Å². The van der Waals surface area contributed by atoms with Crippen LogP contribution in [0.4, 0.5) is 0 Å². The normalized spacial score (nSPS) is 21.0. The number of likely N-dealkylation sites (tertiary alicyclic amines) is 1. The van der Waals surface area contributed by atoms with E-state index in [1.54, 1.807) is 4.90 Å². The number of rotatable bonds is 7. The van der Waals surface area contributed by atoms with E-state index in [1.165, 1.54) is 6.42 Å². The summed E-state index contributed by atoms with van der Waals surface area (Å²) in [5, 5.41) is 5.47. The molecule has 1 aromatic heterocycles. The van der Waals surface area contributed by atoms with Crippen LogP contribution in [0.3, 0.4) is 0 Å². The highest BCUT2D eigenvalue weighted by atomic mass is 35.5. The van der Waals surface area contributed by atoms with Crippen LogP contribution in [0.15, 0.2) is 30.3 Å². The van der Waals surface area contributed by atoms with Gasteiger partial charge in [0.1, 0.15) is 12.2 Å². The maximum absolute atomic E-state index is 13.3. The van der Waals surface area contributed by atoms with Gasteiger partial charge in [0.2, 0.25) is 5.91 Å². The molecule has 1 unspecified atom stereocenters. The Bertz CT molecular complexity index is 955. The number of piperidine rings is 1. The first-order chi connectivity index (χ1) is 15.5. The van der Waals surface area contributed by atoms with Crippen molar-refractivity contribution in [1.29, 1.82) is 0 Å². The highest BCUT2D eigenvalue weighted by molar-refractivity contribution is 6.30. The van der Waals surface area contributed by atoms with Crippen molar-refractivity contribution in [1.82, 2.24) is 19.6 Å². The fraction of sp³-hybridized carbons (Fsp3) is 0.560. The number of hydrogen-bond donors (Lipinski definition) is 0. The van der Waals surface area contributed by atoms with E-state index in [1.807, 2.05) is 39.9 Å². The van der Waals surface area contributed by atoms with Gasteiger partial charge in [-0.05, 0) is 43.4 Å². The number of amides is 2. The molecule has 6 nitrogen and oxygen atoms in total. The lowest BCUT2D eigenvalue weighted by Gasteiger charge is -2.36. The standard InChI is InChI=1S/C25H33ClN4O2/c1-3-4-5-8-21-16-29(17-24(31)28-13-6-7-18(2)15-28)25(32)23-14-22(27-30(21)23)19-9-11-20(26)12-10-19/h9-12,14,18,21H,3-8,13,15-17H2,1-2H3/t18-,21?/m0/s1. The first-order valence-corrected chi connectivity index (χ1v) is 12.3. The number of aromatic nitrogens is 2. The summed E-state index contributed by atoms with van der Waals surface area (Å²) in [6.45, 7) is 6.64. The molecule has 1 fully saturated rings. The monoisotopic (exact) mass is 456 g/mol. The maximum Gasteiger partial charge on any atom is 0.272 e. The average Bonchev–Trinajstić information content (AvgIpc) is 3.23. The fourth-order valence-electron chi connectivity index (χ4n) is 4.83. The van der Waals surface area contributed by atoms with Crippen LogP contribution in [0.2, 0.25) is 5.02 Å². The van der Waals surface area contributed by atoms with Gasteiger partial charge in [0, 0.05) is 30.2 Å². The Morgan fingerprint density at radius 1 is 1.19 bits per heavy atom. The molecule has 2 aliphatic rings. The SMILES string of the molecule is CCCCCC1CN(CC(=O)N2CCC[C@H](C)C2)C(=O)c2cc(-c3ccc(Cl)cc3)nn21. The highest BCUT2D eigenvalue weighted by Crippen LogP contribution is 2.30. The van der Waals surface area contributed by atoms with Crippen molar-refractivity contribution in [3.8, 4) is 11.3 Å². The molecule has 32 heavy (non-hydrogen) atoms. The van der Waals surface area contributed by atoms with Crippen LogP contribution in [-0.2, 0) is 4.79 Å². The number of halogens is 1. The van der Waals surface area contributed by atoms with Crippen molar-refractivity contribution in [2.24, 2.45) is 5.92 Å². The molecule has 1 saturated heterocycles. The largest absolute Gasteiger partial charge is 0.341 e. The summed E-state index contributed by atoms with van der Waals surface area (Å²) in [7, 11) is 0. The molecule has 0 aliphatic carbocycles. The fourth-order valence-corrected chi connectivity index (χ4v) is 4.96. The number of benzene rings is 1. The Hall–Kier alpha value is -2.34. The van der Waals surface area contributed by atoms with E-state index < -0.39 is 0 Å². The average molecular weight is 457 g/mol. The van der Waals surface area contributed by atoms with Gasteiger partial charge in [0.15, 0.2) is 0 Å². The molecular formula is C25H33ClN4O2. The van der Waals surface area contributed by atoms with E-state index in [0.717, 1.165) is 56.5 Å². The molecule has 1 aromatic carbocycles. The molecule has 0 saturated carbocycles. The zero-order valence-electron chi connectivity index (χ0n) is 19.1. The van der Waals surface area contributed by atoms with E-state index >= 15 is 0 Å². The third-order valence-corrected chi connectivity index (χ3v) is 6.89. The van der Waals surface area contributed by atoms with Gasteiger partial charge in [-0.25, -0.2) is 0 Å². The zero-order chi connectivity index (χ0) is 22.7. The van der Waals surface area contributed by atoms with Gasteiger partial charge in [0.25, 0.3) is 5.91 Å². The molecule has 172 valence electrons. The summed E-state index contributed by atoms with van der Waals surface area (Å²) in [5.41, 5.74) is 2.27. The molecule has 4 rings (SSSR count). The van der Waals surface area contributed by atoms with Gasteiger partial charge in [-0.3, -0.25) is 14.3 Å². The topological polar surface area (TPSA) is 58.4 Å². The predicted molar refractivity (Wildman–Crippen MR) is 127 cm³/mol. The van der Waals surface area contributed by atoms with Gasteiger partial charge in [-0.2, -0.15) is 5.10 Å². The Morgan fingerprint density at radius 2 is 1.97 bits per heavy atom. The molecule has 2 atom stereocenters. The van der Waals surface area contributed by atoms with Gasteiger partial charge in [0.05, 0.1) is 11.7 Å². The predicted octanol–water partition coefficient (Wildman–Crippen LogP) is 5.04. The number of unbranched alkanes of at least 4 members (excludes halogenated alkanes) is 2. The maximum atomic E-state index is 13.3. The quantitative estimate of drug-likeness (QED) is 0.548. The first kappa shape index (κ1) is 22.8. The molecule has 0 bridgehead atoms. The summed E-state index contributed by atoms with van der Waals surface area (Å²) < 4.78 is 1.89. The lowest BCUT2D eigenvalue weighted by molar-refractivity contribution is -0.133. The number of carbonyl (C=O) groups is 2. The first-order valence-electron chi connectivity index (χ1n) is 11.9. The Kier molecular flexibility index (Phi) is 7.19. The molecule has 7 heteroatoms. The lowest BCUT2D eigenvalue weighted by atomic mass is 10.00. The van der Waals surface area contributed by atoms with E-state index in [4.69, 9.17) is 16.7 Å².